The van der Waals surface area contributed by atoms with E-state index in [1.165, 1.54) is 36.4 Å². The normalized spacial score (nSPS) is 13.5. The van der Waals surface area contributed by atoms with Crippen LogP contribution in [-0.2, 0) is 32.0 Å². The van der Waals surface area contributed by atoms with Gasteiger partial charge in [0.1, 0.15) is 29.7 Å². The van der Waals surface area contributed by atoms with Gasteiger partial charge in [-0.15, -0.1) is 0 Å². The second kappa shape index (κ2) is 18.8. The van der Waals surface area contributed by atoms with Crippen molar-refractivity contribution in [1.29, 1.82) is 0 Å². The summed E-state index contributed by atoms with van der Waals surface area (Å²) in [5.74, 6) is -3.33. The van der Waals surface area contributed by atoms with Crippen LogP contribution < -0.4 is 44.6 Å². The Morgan fingerprint density at radius 2 is 1.27 bits per heavy atom. The minimum atomic E-state index is -1.22. The number of carbonyl (C=O) groups excluding carboxylic acids is 4. The first-order valence-corrected chi connectivity index (χ1v) is 14.6. The largest absolute Gasteiger partial charge is 0.508 e. The van der Waals surface area contributed by atoms with Crippen molar-refractivity contribution in [3.63, 3.8) is 0 Å². The number of aliphatic imine (C=N–C) groups is 1. The molecule has 2 aromatic carbocycles. The molecule has 0 aliphatic carbocycles. The highest BCUT2D eigenvalue weighted by Crippen LogP contribution is 2.12. The van der Waals surface area contributed by atoms with Crippen LogP contribution in [0.1, 0.15) is 43.2 Å². The number of benzene rings is 2. The van der Waals surface area contributed by atoms with E-state index in [-0.39, 0.29) is 43.9 Å². The number of rotatable bonds is 19. The maximum Gasteiger partial charge on any atom is 0.243 e. The molecule has 0 saturated heterocycles. The lowest BCUT2D eigenvalue weighted by atomic mass is 10.0. The summed E-state index contributed by atoms with van der Waals surface area (Å²) in [6.07, 6.45) is 1.86. The predicted molar refractivity (Wildman–Crippen MR) is 168 cm³/mol. The molecule has 0 saturated carbocycles. The molecule has 0 aliphatic rings. The number of nitrogens with two attached hydrogens (primary N) is 5. The van der Waals surface area contributed by atoms with Gasteiger partial charge >= 0.3 is 0 Å². The van der Waals surface area contributed by atoms with Crippen LogP contribution in [0.5, 0.6) is 5.75 Å². The van der Waals surface area contributed by atoms with Gasteiger partial charge < -0.3 is 49.7 Å². The quantitative estimate of drug-likeness (QED) is 0.0510. The zero-order chi connectivity index (χ0) is 33.4. The van der Waals surface area contributed by atoms with Gasteiger partial charge in [-0.3, -0.25) is 24.2 Å². The minimum Gasteiger partial charge on any atom is -0.508 e. The lowest BCUT2D eigenvalue weighted by molar-refractivity contribution is -0.133. The SMILES string of the molecule is NCCCC[C@H](NC(=O)[C@H](Cc1ccc(F)cc1)NC(=O)[C@@H](CCCN=C(N)N)NC(=O)[C@@H](N)Cc1ccc(O)cc1)C(N)=O. The first kappa shape index (κ1) is 36.4. The molecule has 15 heteroatoms. The second-order valence-corrected chi connectivity index (χ2v) is 10.6. The number of unbranched alkanes of at least 4 members (excludes halogenated alkanes) is 1. The number of nitrogens with one attached hydrogen (secondary N) is 3. The molecule has 45 heavy (non-hydrogen) atoms. The molecule has 0 fully saturated rings. The molecule has 4 atom stereocenters. The Morgan fingerprint density at radius 1 is 0.733 bits per heavy atom. The van der Waals surface area contributed by atoms with Crippen molar-refractivity contribution in [3.8, 4) is 5.75 Å². The molecule has 0 heterocycles. The fourth-order valence-corrected chi connectivity index (χ4v) is 4.42. The number of phenols is 1. The van der Waals surface area contributed by atoms with Crippen molar-refractivity contribution in [2.45, 2.75) is 69.1 Å². The molecule has 0 bridgehead atoms. The van der Waals surface area contributed by atoms with Gasteiger partial charge in [0.25, 0.3) is 0 Å². The number of amides is 4. The number of halogens is 1. The fourth-order valence-electron chi connectivity index (χ4n) is 4.42. The number of carbonyl (C=O) groups is 4. The summed E-state index contributed by atoms with van der Waals surface area (Å²) in [4.78, 5) is 56.0. The molecule has 0 radical (unpaired) electrons. The lowest BCUT2D eigenvalue weighted by Gasteiger charge is -2.25. The van der Waals surface area contributed by atoms with Gasteiger partial charge in [-0.1, -0.05) is 24.3 Å². The maximum absolute atomic E-state index is 13.6. The minimum absolute atomic E-state index is 0.0544. The summed E-state index contributed by atoms with van der Waals surface area (Å²) in [6.45, 7) is 0.571. The van der Waals surface area contributed by atoms with Gasteiger partial charge in [-0.2, -0.15) is 0 Å². The van der Waals surface area contributed by atoms with Gasteiger partial charge in [-0.25, -0.2) is 4.39 Å². The topological polar surface area (TPSA) is 267 Å². The molecule has 14 nitrogen and oxygen atoms in total. The van der Waals surface area contributed by atoms with Crippen LogP contribution >= 0.6 is 0 Å². The van der Waals surface area contributed by atoms with E-state index < -0.39 is 53.6 Å². The molecule has 0 aromatic heterocycles. The fraction of sp³-hybridized carbons (Fsp3) is 0.433. The Balaban J connectivity index is 2.25. The number of hydrogen-bond donors (Lipinski definition) is 9. The van der Waals surface area contributed by atoms with Crippen LogP contribution in [0.25, 0.3) is 0 Å². The molecule has 0 aliphatic heterocycles. The predicted octanol–water partition coefficient (Wildman–Crippen LogP) is -1.23. The summed E-state index contributed by atoms with van der Waals surface area (Å²) >= 11 is 0. The van der Waals surface area contributed by atoms with Crippen molar-refractivity contribution < 1.29 is 28.7 Å². The molecule has 2 rings (SSSR count). The van der Waals surface area contributed by atoms with Gasteiger partial charge in [-0.05, 0) is 80.5 Å². The van der Waals surface area contributed by atoms with Gasteiger partial charge in [0, 0.05) is 13.0 Å². The van der Waals surface area contributed by atoms with E-state index in [1.807, 2.05) is 0 Å². The molecular formula is C30H44FN9O5. The number of guanidine groups is 1. The maximum atomic E-state index is 13.6. The van der Waals surface area contributed by atoms with Crippen LogP contribution in [0.3, 0.4) is 0 Å². The molecule has 246 valence electrons. The van der Waals surface area contributed by atoms with Crippen molar-refractivity contribution >= 4 is 29.6 Å². The molecule has 0 spiro atoms. The second-order valence-electron chi connectivity index (χ2n) is 10.6. The highest BCUT2D eigenvalue weighted by atomic mass is 19.1. The lowest BCUT2D eigenvalue weighted by Crippen LogP contribution is -2.58. The highest BCUT2D eigenvalue weighted by Gasteiger charge is 2.30. The van der Waals surface area contributed by atoms with E-state index in [9.17, 15) is 28.7 Å². The smallest absolute Gasteiger partial charge is 0.243 e. The highest BCUT2D eigenvalue weighted by molar-refractivity contribution is 5.94. The Bertz CT molecular complexity index is 1290. The van der Waals surface area contributed by atoms with E-state index in [1.54, 1.807) is 12.1 Å². The van der Waals surface area contributed by atoms with E-state index in [2.05, 4.69) is 20.9 Å². The van der Waals surface area contributed by atoms with E-state index in [0.717, 1.165) is 0 Å². The van der Waals surface area contributed by atoms with E-state index >= 15 is 0 Å². The van der Waals surface area contributed by atoms with Crippen LogP contribution in [0.15, 0.2) is 53.5 Å². The first-order chi connectivity index (χ1) is 21.4. The molecule has 0 unspecified atom stereocenters. The number of nitrogens with zero attached hydrogens (tertiary/aromatic N) is 1. The zero-order valence-electron chi connectivity index (χ0n) is 25.1. The Kier molecular flexibility index (Phi) is 15.2. The first-order valence-electron chi connectivity index (χ1n) is 14.6. The zero-order valence-corrected chi connectivity index (χ0v) is 25.1. The van der Waals surface area contributed by atoms with Crippen LogP contribution in [0.2, 0.25) is 0 Å². The van der Waals surface area contributed by atoms with Gasteiger partial charge in [0.05, 0.1) is 6.04 Å². The molecule has 4 amide bonds. The van der Waals surface area contributed by atoms with Crippen LogP contribution in [-0.4, -0.2) is 72.0 Å². The van der Waals surface area contributed by atoms with Crippen molar-refractivity contribution in [2.75, 3.05) is 13.1 Å². The third kappa shape index (κ3) is 13.6. The Morgan fingerprint density at radius 3 is 1.87 bits per heavy atom. The molecule has 14 N–H and O–H groups in total. The Hall–Kier alpha value is -4.76. The standard InChI is InChI=1S/C30H44FN9O5/c31-20-10-6-19(7-11-20)17-25(29(45)38-23(26(34)42)4-1-2-14-32)40-28(44)24(5-3-15-37-30(35)36)39-27(43)22(33)16-18-8-12-21(41)13-9-18/h6-13,22-25,41H,1-5,14-17,32-33H2,(H2,34,42)(H,38,45)(H,39,43)(H,40,44)(H4,35,36,37)/t22-,23-,24+,25-/m0/s1. The number of aromatic hydroxyl groups is 1. The third-order valence-electron chi connectivity index (χ3n) is 6.90. The number of phenolic OH excluding ortho intramolecular Hbond substituents is 1. The summed E-state index contributed by atoms with van der Waals surface area (Å²) in [5.41, 5.74) is 29.2. The summed E-state index contributed by atoms with van der Waals surface area (Å²) in [7, 11) is 0. The molecular weight excluding hydrogens is 585 g/mol. The monoisotopic (exact) mass is 629 g/mol. The third-order valence-corrected chi connectivity index (χ3v) is 6.90. The number of hydrogen-bond acceptors (Lipinski definition) is 8. The van der Waals surface area contributed by atoms with Crippen molar-refractivity contribution in [1.82, 2.24) is 16.0 Å². The average molecular weight is 630 g/mol. The van der Waals surface area contributed by atoms with Crippen molar-refractivity contribution in [3.05, 3.63) is 65.5 Å². The van der Waals surface area contributed by atoms with Crippen molar-refractivity contribution in [2.24, 2.45) is 33.7 Å². The average Bonchev–Trinajstić information content (AvgIpc) is 2.99. The Labute approximate surface area is 261 Å². The van der Waals surface area contributed by atoms with Gasteiger partial charge in [0.15, 0.2) is 5.96 Å². The van der Waals surface area contributed by atoms with E-state index in [0.29, 0.717) is 36.9 Å². The number of primary amides is 1. The van der Waals surface area contributed by atoms with Crippen LogP contribution in [0, 0.1) is 5.82 Å². The summed E-state index contributed by atoms with van der Waals surface area (Å²) < 4.78 is 13.6. The van der Waals surface area contributed by atoms with Gasteiger partial charge in [0.2, 0.25) is 23.6 Å². The molecule has 2 aromatic rings. The van der Waals surface area contributed by atoms with Crippen LogP contribution in [0.4, 0.5) is 4.39 Å². The summed E-state index contributed by atoms with van der Waals surface area (Å²) in [5, 5.41) is 17.4. The summed E-state index contributed by atoms with van der Waals surface area (Å²) in [6, 6.07) is 7.12. The van der Waals surface area contributed by atoms with E-state index in [4.69, 9.17) is 28.7 Å².